The van der Waals surface area contributed by atoms with Gasteiger partial charge in [0.2, 0.25) is 0 Å². The highest BCUT2D eigenvalue weighted by Gasteiger charge is 2.45. The van der Waals surface area contributed by atoms with Gasteiger partial charge in [0.15, 0.2) is 12.6 Å². The van der Waals surface area contributed by atoms with Crippen molar-refractivity contribution < 1.29 is 35.4 Å². The molecule has 13 heavy (non-hydrogen) atoms. The van der Waals surface area contributed by atoms with Gasteiger partial charge in [-0.05, 0) is 0 Å². The van der Waals surface area contributed by atoms with Crippen LogP contribution in [-0.4, -0.2) is 67.6 Å². The third-order valence-corrected chi connectivity index (χ3v) is 1.92. The zero-order chi connectivity index (χ0) is 10.2. The Morgan fingerprint density at radius 3 is 1.85 bits per heavy atom. The van der Waals surface area contributed by atoms with Crippen LogP contribution in [0.25, 0.3) is 0 Å². The van der Waals surface area contributed by atoms with Gasteiger partial charge in [0.05, 0.1) is 0 Å². The number of ether oxygens (including phenoxy) is 1. The van der Waals surface area contributed by atoms with Gasteiger partial charge in [0, 0.05) is 0 Å². The molecule has 0 radical (unpaired) electrons. The molecule has 1 heterocycles. The average Bonchev–Trinajstić information content (AvgIpc) is 2.07. The maximum atomic E-state index is 9.13. The van der Waals surface area contributed by atoms with Crippen LogP contribution in [0.3, 0.4) is 0 Å². The largest absolute Gasteiger partial charge is 0.387 e. The first-order valence-electron chi connectivity index (χ1n) is 3.69. The molecule has 0 saturated carbocycles. The Labute approximate surface area is 73.4 Å². The third-order valence-electron chi connectivity index (χ3n) is 1.92. The highest BCUT2D eigenvalue weighted by Crippen LogP contribution is 2.21. The van der Waals surface area contributed by atoms with E-state index in [9.17, 15) is 0 Å². The van der Waals surface area contributed by atoms with Gasteiger partial charge in [-0.25, -0.2) is 0 Å². The van der Waals surface area contributed by atoms with Crippen molar-refractivity contribution in [2.75, 3.05) is 0 Å². The molecule has 6 N–H and O–H groups in total. The molecule has 0 amide bonds. The molecule has 7 nitrogen and oxygen atoms in total. The molecule has 7 heteroatoms. The fourth-order valence-electron chi connectivity index (χ4n) is 1.13. The normalized spacial score (nSPS) is 46.8. The van der Waals surface area contributed by atoms with Crippen LogP contribution in [-0.2, 0) is 4.74 Å². The van der Waals surface area contributed by atoms with E-state index < -0.39 is 37.0 Å². The number of aliphatic hydroxyl groups excluding tert-OH is 5. The first-order valence-corrected chi connectivity index (χ1v) is 3.69. The Kier molecular flexibility index (Phi) is 3.19. The van der Waals surface area contributed by atoms with Crippen LogP contribution in [0.15, 0.2) is 0 Å². The van der Waals surface area contributed by atoms with E-state index in [0.717, 1.165) is 0 Å². The SMILES string of the molecule is OC(O)C1O[C@H](O)C(O)[C@@H](O)[C@H]1O. The van der Waals surface area contributed by atoms with E-state index in [1.165, 1.54) is 0 Å². The van der Waals surface area contributed by atoms with Gasteiger partial charge in [0.25, 0.3) is 0 Å². The van der Waals surface area contributed by atoms with E-state index in [4.69, 9.17) is 30.6 Å². The monoisotopic (exact) mass is 196 g/mol. The lowest BCUT2D eigenvalue weighted by Crippen LogP contribution is -2.60. The Hall–Kier alpha value is -0.280. The zero-order valence-electron chi connectivity index (χ0n) is 6.56. The van der Waals surface area contributed by atoms with Crippen molar-refractivity contribution in [3.63, 3.8) is 0 Å². The summed E-state index contributed by atoms with van der Waals surface area (Å²) in [6.45, 7) is 0. The zero-order valence-corrected chi connectivity index (χ0v) is 6.56. The molecule has 2 unspecified atom stereocenters. The summed E-state index contributed by atoms with van der Waals surface area (Å²) in [5, 5.41) is 53.4. The van der Waals surface area contributed by atoms with Crippen molar-refractivity contribution in [2.45, 2.75) is 37.0 Å². The van der Waals surface area contributed by atoms with Crippen LogP contribution in [0, 0.1) is 0 Å². The lowest BCUT2D eigenvalue weighted by atomic mass is 9.99. The van der Waals surface area contributed by atoms with E-state index in [0.29, 0.717) is 0 Å². The topological polar surface area (TPSA) is 131 Å². The van der Waals surface area contributed by atoms with E-state index in [-0.39, 0.29) is 0 Å². The summed E-state index contributed by atoms with van der Waals surface area (Å²) < 4.78 is 4.44. The van der Waals surface area contributed by atoms with Crippen LogP contribution >= 0.6 is 0 Å². The summed E-state index contributed by atoms with van der Waals surface area (Å²) in [4.78, 5) is 0. The second-order valence-electron chi connectivity index (χ2n) is 2.88. The molecule has 0 aromatic rings. The third kappa shape index (κ3) is 1.97. The van der Waals surface area contributed by atoms with E-state index in [2.05, 4.69) is 4.74 Å². The molecular weight excluding hydrogens is 184 g/mol. The Balaban J connectivity index is 2.70. The molecule has 1 rings (SSSR count). The minimum absolute atomic E-state index is 1.53. The second kappa shape index (κ2) is 3.84. The summed E-state index contributed by atoms with van der Waals surface area (Å²) in [6, 6.07) is 0. The second-order valence-corrected chi connectivity index (χ2v) is 2.88. The summed E-state index contributed by atoms with van der Waals surface area (Å²) in [7, 11) is 0. The molecule has 0 bridgehead atoms. The van der Waals surface area contributed by atoms with Gasteiger partial charge in [0.1, 0.15) is 24.4 Å². The number of rotatable bonds is 1. The molecule has 0 aliphatic carbocycles. The average molecular weight is 196 g/mol. The van der Waals surface area contributed by atoms with Crippen molar-refractivity contribution in [1.29, 1.82) is 0 Å². The van der Waals surface area contributed by atoms with E-state index >= 15 is 0 Å². The maximum Gasteiger partial charge on any atom is 0.184 e. The van der Waals surface area contributed by atoms with Crippen molar-refractivity contribution in [2.24, 2.45) is 0 Å². The highest BCUT2D eigenvalue weighted by molar-refractivity contribution is 4.89. The summed E-state index contributed by atoms with van der Waals surface area (Å²) in [5.74, 6) is 0. The minimum atomic E-state index is -2.04. The van der Waals surface area contributed by atoms with Gasteiger partial charge >= 0.3 is 0 Å². The van der Waals surface area contributed by atoms with Gasteiger partial charge in [-0.3, -0.25) is 0 Å². The Morgan fingerprint density at radius 2 is 1.38 bits per heavy atom. The molecule has 1 saturated heterocycles. The van der Waals surface area contributed by atoms with Gasteiger partial charge < -0.3 is 35.4 Å². The summed E-state index contributed by atoms with van der Waals surface area (Å²) in [6.07, 6.45) is -10.3. The molecule has 0 aromatic heterocycles. The van der Waals surface area contributed by atoms with Crippen molar-refractivity contribution in [1.82, 2.24) is 0 Å². The Bertz CT molecular complexity index is 172. The van der Waals surface area contributed by atoms with E-state index in [1.54, 1.807) is 0 Å². The first kappa shape index (κ1) is 10.8. The molecule has 5 atom stereocenters. The molecular formula is C6H12O7. The maximum absolute atomic E-state index is 9.13. The lowest BCUT2D eigenvalue weighted by Gasteiger charge is -2.38. The van der Waals surface area contributed by atoms with Crippen LogP contribution in [0.1, 0.15) is 0 Å². The van der Waals surface area contributed by atoms with Gasteiger partial charge in [-0.2, -0.15) is 0 Å². The Morgan fingerprint density at radius 1 is 0.846 bits per heavy atom. The lowest BCUT2D eigenvalue weighted by molar-refractivity contribution is -0.317. The molecule has 1 aliphatic heterocycles. The van der Waals surface area contributed by atoms with Gasteiger partial charge in [-0.15, -0.1) is 0 Å². The summed E-state index contributed by atoms with van der Waals surface area (Å²) >= 11 is 0. The summed E-state index contributed by atoms with van der Waals surface area (Å²) in [5.41, 5.74) is 0. The first-order chi connectivity index (χ1) is 5.95. The van der Waals surface area contributed by atoms with Crippen molar-refractivity contribution in [3.8, 4) is 0 Å². The van der Waals surface area contributed by atoms with Crippen LogP contribution < -0.4 is 0 Å². The number of hydrogen-bond acceptors (Lipinski definition) is 7. The number of hydrogen-bond donors (Lipinski definition) is 6. The molecule has 78 valence electrons. The predicted molar refractivity (Wildman–Crippen MR) is 37.1 cm³/mol. The van der Waals surface area contributed by atoms with Crippen LogP contribution in [0.2, 0.25) is 0 Å². The standard InChI is InChI=1S/C6H12O7/c7-1-2(8)4(5(10)11)13-6(12)3(1)9/h1-12H/t1-,2+,3?,4?,6-/m0/s1. The molecule has 0 aromatic carbocycles. The smallest absolute Gasteiger partial charge is 0.184 e. The number of aliphatic hydroxyl groups is 6. The van der Waals surface area contributed by atoms with Crippen molar-refractivity contribution in [3.05, 3.63) is 0 Å². The quantitative estimate of drug-likeness (QED) is 0.236. The minimum Gasteiger partial charge on any atom is -0.387 e. The van der Waals surface area contributed by atoms with Gasteiger partial charge in [-0.1, -0.05) is 0 Å². The fourth-order valence-corrected chi connectivity index (χ4v) is 1.13. The van der Waals surface area contributed by atoms with Crippen LogP contribution in [0.4, 0.5) is 0 Å². The van der Waals surface area contributed by atoms with Crippen molar-refractivity contribution >= 4 is 0 Å². The molecule has 1 fully saturated rings. The predicted octanol–water partition coefficient (Wildman–Crippen LogP) is -3.90. The molecule has 1 aliphatic rings. The van der Waals surface area contributed by atoms with E-state index in [1.807, 2.05) is 0 Å². The fraction of sp³-hybridized carbons (Fsp3) is 1.00. The molecule has 0 spiro atoms. The highest BCUT2D eigenvalue weighted by atomic mass is 16.7. The van der Waals surface area contributed by atoms with Crippen LogP contribution in [0.5, 0.6) is 0 Å².